The van der Waals surface area contributed by atoms with E-state index >= 15 is 0 Å². The standard InChI is InChI=1S/C21H16F3NO2/c22-21(23,24)16-10-12-17(13-11-16)25-20(26)18-8-4-5-9-19(18)27-14-15-6-2-1-3-7-15/h1-13H,14H2,(H,25,26). The number of amides is 1. The Bertz CT molecular complexity index is 907. The Kier molecular flexibility index (Phi) is 5.45. The van der Waals surface area contributed by atoms with Crippen molar-refractivity contribution in [2.24, 2.45) is 0 Å². The van der Waals surface area contributed by atoms with Gasteiger partial charge in [-0.05, 0) is 42.0 Å². The van der Waals surface area contributed by atoms with Crippen LogP contribution in [0.1, 0.15) is 21.5 Å². The van der Waals surface area contributed by atoms with Crippen molar-refractivity contribution < 1.29 is 22.7 Å². The molecule has 3 aromatic carbocycles. The number of anilines is 1. The zero-order valence-electron chi connectivity index (χ0n) is 14.2. The monoisotopic (exact) mass is 371 g/mol. The van der Waals surface area contributed by atoms with E-state index in [-0.39, 0.29) is 5.69 Å². The number of para-hydroxylation sites is 1. The Hall–Kier alpha value is -3.28. The van der Waals surface area contributed by atoms with E-state index in [1.807, 2.05) is 30.3 Å². The van der Waals surface area contributed by atoms with Gasteiger partial charge in [0.25, 0.3) is 5.91 Å². The third-order valence-electron chi connectivity index (χ3n) is 3.84. The molecule has 0 unspecified atom stereocenters. The molecule has 0 bridgehead atoms. The second-order valence-electron chi connectivity index (χ2n) is 5.80. The molecule has 0 heterocycles. The van der Waals surface area contributed by atoms with Crippen LogP contribution in [0.25, 0.3) is 0 Å². The fourth-order valence-electron chi connectivity index (χ4n) is 2.46. The highest BCUT2D eigenvalue weighted by molar-refractivity contribution is 6.06. The van der Waals surface area contributed by atoms with Gasteiger partial charge in [0, 0.05) is 5.69 Å². The summed E-state index contributed by atoms with van der Waals surface area (Å²) in [7, 11) is 0. The maximum Gasteiger partial charge on any atom is 0.416 e. The predicted molar refractivity (Wildman–Crippen MR) is 96.6 cm³/mol. The van der Waals surface area contributed by atoms with Crippen LogP contribution in [0.3, 0.4) is 0 Å². The Morgan fingerprint density at radius 2 is 1.48 bits per heavy atom. The van der Waals surface area contributed by atoms with Gasteiger partial charge >= 0.3 is 6.18 Å². The molecule has 3 aromatic rings. The van der Waals surface area contributed by atoms with E-state index in [1.165, 1.54) is 12.1 Å². The Morgan fingerprint density at radius 1 is 0.852 bits per heavy atom. The van der Waals surface area contributed by atoms with E-state index in [9.17, 15) is 18.0 Å². The molecular weight excluding hydrogens is 355 g/mol. The van der Waals surface area contributed by atoms with Gasteiger partial charge in [-0.3, -0.25) is 4.79 Å². The fourth-order valence-corrected chi connectivity index (χ4v) is 2.46. The maximum absolute atomic E-state index is 12.6. The van der Waals surface area contributed by atoms with Crippen molar-refractivity contribution in [1.82, 2.24) is 0 Å². The highest BCUT2D eigenvalue weighted by Crippen LogP contribution is 2.30. The highest BCUT2D eigenvalue weighted by atomic mass is 19.4. The Labute approximate surface area is 154 Å². The first-order valence-corrected chi connectivity index (χ1v) is 8.18. The molecule has 27 heavy (non-hydrogen) atoms. The zero-order chi connectivity index (χ0) is 19.3. The van der Waals surface area contributed by atoms with Crippen molar-refractivity contribution in [3.8, 4) is 5.75 Å². The highest BCUT2D eigenvalue weighted by Gasteiger charge is 2.30. The van der Waals surface area contributed by atoms with Crippen LogP contribution >= 0.6 is 0 Å². The van der Waals surface area contributed by atoms with Gasteiger partial charge in [-0.15, -0.1) is 0 Å². The molecule has 3 nitrogen and oxygen atoms in total. The number of hydrogen-bond donors (Lipinski definition) is 1. The van der Waals surface area contributed by atoms with Crippen LogP contribution in [0.15, 0.2) is 78.9 Å². The summed E-state index contributed by atoms with van der Waals surface area (Å²) in [5, 5.41) is 2.59. The lowest BCUT2D eigenvalue weighted by atomic mass is 10.1. The lowest BCUT2D eigenvalue weighted by molar-refractivity contribution is -0.137. The molecule has 0 spiro atoms. The third-order valence-corrected chi connectivity index (χ3v) is 3.84. The molecular formula is C21H16F3NO2. The average molecular weight is 371 g/mol. The van der Waals surface area contributed by atoms with Gasteiger partial charge in [0.15, 0.2) is 0 Å². The lowest BCUT2D eigenvalue weighted by Crippen LogP contribution is -2.14. The second-order valence-corrected chi connectivity index (χ2v) is 5.80. The summed E-state index contributed by atoms with van der Waals surface area (Å²) in [6, 6.07) is 20.5. The quantitative estimate of drug-likeness (QED) is 0.640. The SMILES string of the molecule is O=C(Nc1ccc(C(F)(F)F)cc1)c1ccccc1OCc1ccccc1. The van der Waals surface area contributed by atoms with Gasteiger partial charge in [-0.1, -0.05) is 42.5 Å². The van der Waals surface area contributed by atoms with E-state index in [1.54, 1.807) is 24.3 Å². The van der Waals surface area contributed by atoms with Gasteiger partial charge in [-0.25, -0.2) is 0 Å². The molecule has 0 saturated heterocycles. The molecule has 0 saturated carbocycles. The summed E-state index contributed by atoms with van der Waals surface area (Å²) in [4.78, 5) is 12.5. The van der Waals surface area contributed by atoms with Crippen LogP contribution in [0, 0.1) is 0 Å². The molecule has 0 radical (unpaired) electrons. The molecule has 0 aliphatic heterocycles. The minimum Gasteiger partial charge on any atom is -0.488 e. The third kappa shape index (κ3) is 4.88. The molecule has 0 fully saturated rings. The van der Waals surface area contributed by atoms with Crippen LogP contribution in [0.2, 0.25) is 0 Å². The van der Waals surface area contributed by atoms with E-state index in [4.69, 9.17) is 4.74 Å². The van der Waals surface area contributed by atoms with Crippen LogP contribution in [-0.2, 0) is 12.8 Å². The number of alkyl halides is 3. The molecule has 6 heteroatoms. The number of carbonyl (C=O) groups is 1. The van der Waals surface area contributed by atoms with Crippen LogP contribution in [-0.4, -0.2) is 5.91 Å². The summed E-state index contributed by atoms with van der Waals surface area (Å²) >= 11 is 0. The molecule has 3 rings (SSSR count). The van der Waals surface area contributed by atoms with Gasteiger partial charge < -0.3 is 10.1 Å². The predicted octanol–water partition coefficient (Wildman–Crippen LogP) is 5.54. The van der Waals surface area contributed by atoms with E-state index < -0.39 is 17.6 Å². The molecule has 1 N–H and O–H groups in total. The maximum atomic E-state index is 12.6. The molecule has 138 valence electrons. The Morgan fingerprint density at radius 3 is 2.15 bits per heavy atom. The smallest absolute Gasteiger partial charge is 0.416 e. The summed E-state index contributed by atoms with van der Waals surface area (Å²) in [6.07, 6.45) is -4.42. The number of hydrogen-bond acceptors (Lipinski definition) is 2. The van der Waals surface area contributed by atoms with Gasteiger partial charge in [-0.2, -0.15) is 13.2 Å². The summed E-state index contributed by atoms with van der Waals surface area (Å²) in [5.74, 6) is -0.0656. The number of halogens is 3. The van der Waals surface area contributed by atoms with Gasteiger partial charge in [0.1, 0.15) is 12.4 Å². The largest absolute Gasteiger partial charge is 0.488 e. The first-order chi connectivity index (χ1) is 12.9. The van der Waals surface area contributed by atoms with Crippen molar-refractivity contribution in [2.75, 3.05) is 5.32 Å². The molecule has 0 aliphatic carbocycles. The van der Waals surface area contributed by atoms with Gasteiger partial charge in [0.05, 0.1) is 11.1 Å². The molecule has 0 aliphatic rings. The van der Waals surface area contributed by atoms with E-state index in [0.29, 0.717) is 17.9 Å². The van der Waals surface area contributed by atoms with Gasteiger partial charge in [0.2, 0.25) is 0 Å². The first-order valence-electron chi connectivity index (χ1n) is 8.18. The summed E-state index contributed by atoms with van der Waals surface area (Å²) < 4.78 is 43.6. The average Bonchev–Trinajstić information content (AvgIpc) is 2.67. The normalized spacial score (nSPS) is 11.1. The lowest BCUT2D eigenvalue weighted by Gasteiger charge is -2.12. The van der Waals surface area contributed by atoms with Crippen LogP contribution < -0.4 is 10.1 Å². The molecule has 1 amide bonds. The number of rotatable bonds is 5. The van der Waals surface area contributed by atoms with Crippen LogP contribution in [0.5, 0.6) is 5.75 Å². The fraction of sp³-hybridized carbons (Fsp3) is 0.0952. The van der Waals surface area contributed by atoms with Crippen molar-refractivity contribution >= 4 is 11.6 Å². The summed E-state index contributed by atoms with van der Waals surface area (Å²) in [5.41, 5.74) is 0.752. The second kappa shape index (κ2) is 7.95. The number of benzene rings is 3. The van der Waals surface area contributed by atoms with Crippen LogP contribution in [0.4, 0.5) is 18.9 Å². The topological polar surface area (TPSA) is 38.3 Å². The Balaban J connectivity index is 1.71. The van der Waals surface area contributed by atoms with Crippen molar-refractivity contribution in [3.63, 3.8) is 0 Å². The minimum atomic E-state index is -4.42. The number of carbonyl (C=O) groups excluding carboxylic acids is 1. The molecule has 0 atom stereocenters. The van der Waals surface area contributed by atoms with E-state index in [2.05, 4.69) is 5.32 Å². The number of ether oxygens (including phenoxy) is 1. The summed E-state index contributed by atoms with van der Waals surface area (Å²) in [6.45, 7) is 0.297. The first kappa shape index (κ1) is 18.5. The van der Waals surface area contributed by atoms with Crippen molar-refractivity contribution in [2.45, 2.75) is 12.8 Å². The van der Waals surface area contributed by atoms with Crippen molar-refractivity contribution in [3.05, 3.63) is 95.6 Å². The van der Waals surface area contributed by atoms with E-state index in [0.717, 1.165) is 17.7 Å². The molecule has 0 aromatic heterocycles. The minimum absolute atomic E-state index is 0.269. The zero-order valence-corrected chi connectivity index (χ0v) is 14.2. The van der Waals surface area contributed by atoms with Crippen molar-refractivity contribution in [1.29, 1.82) is 0 Å². The number of nitrogens with one attached hydrogen (secondary N) is 1.